The van der Waals surface area contributed by atoms with Crippen LogP contribution in [0.3, 0.4) is 0 Å². The van der Waals surface area contributed by atoms with Gasteiger partial charge >= 0.3 is 0 Å². The van der Waals surface area contributed by atoms with Gasteiger partial charge in [0.15, 0.2) is 0 Å². The second kappa shape index (κ2) is 8.43. The molecule has 4 nitrogen and oxygen atoms in total. The van der Waals surface area contributed by atoms with Crippen LogP contribution in [0.25, 0.3) is 0 Å². The average molecular weight is 285 g/mol. The number of nitriles is 1. The van der Waals surface area contributed by atoms with Gasteiger partial charge in [0.2, 0.25) is 5.91 Å². The van der Waals surface area contributed by atoms with Crippen molar-refractivity contribution >= 4 is 5.91 Å². The molecule has 112 valence electrons. The Kier molecular flexibility index (Phi) is 6.23. The van der Waals surface area contributed by atoms with E-state index < -0.39 is 0 Å². The summed E-state index contributed by atoms with van der Waals surface area (Å²) in [6, 6.07) is 12.2. The Morgan fingerprint density at radius 1 is 1.29 bits per heavy atom. The Labute approximate surface area is 126 Å². The van der Waals surface area contributed by atoms with Crippen LogP contribution in [-0.4, -0.2) is 30.4 Å². The summed E-state index contributed by atoms with van der Waals surface area (Å²) >= 11 is 0. The Bertz CT molecular complexity index is 473. The van der Waals surface area contributed by atoms with Gasteiger partial charge in [-0.1, -0.05) is 30.3 Å². The van der Waals surface area contributed by atoms with Gasteiger partial charge in [0, 0.05) is 18.9 Å². The monoisotopic (exact) mass is 285 g/mol. The zero-order valence-corrected chi connectivity index (χ0v) is 12.4. The lowest BCUT2D eigenvalue weighted by Gasteiger charge is -2.31. The largest absolute Gasteiger partial charge is 0.352 e. The van der Waals surface area contributed by atoms with Gasteiger partial charge < -0.3 is 10.2 Å². The summed E-state index contributed by atoms with van der Waals surface area (Å²) in [5.74, 6) is 0.316. The predicted molar refractivity (Wildman–Crippen MR) is 82.3 cm³/mol. The fourth-order valence-electron chi connectivity index (χ4n) is 2.73. The molecule has 1 saturated heterocycles. The van der Waals surface area contributed by atoms with Gasteiger partial charge in [-0.15, -0.1) is 0 Å². The number of rotatable bonds is 6. The summed E-state index contributed by atoms with van der Waals surface area (Å²) in [5.41, 5.74) is 1.14. The molecule has 0 saturated carbocycles. The molecule has 21 heavy (non-hydrogen) atoms. The number of nitrogens with one attached hydrogen (secondary N) is 1. The van der Waals surface area contributed by atoms with E-state index in [1.807, 2.05) is 30.3 Å². The van der Waals surface area contributed by atoms with Gasteiger partial charge in [-0.05, 0) is 44.5 Å². The van der Waals surface area contributed by atoms with Crippen molar-refractivity contribution in [3.63, 3.8) is 0 Å². The van der Waals surface area contributed by atoms with Gasteiger partial charge in [0.05, 0.1) is 6.07 Å². The molecule has 1 aliphatic rings. The number of carbonyl (C=O) groups is 1. The van der Waals surface area contributed by atoms with Gasteiger partial charge in [-0.2, -0.15) is 5.26 Å². The smallest absolute Gasteiger partial charge is 0.223 e. The van der Waals surface area contributed by atoms with Crippen LogP contribution < -0.4 is 5.32 Å². The summed E-state index contributed by atoms with van der Waals surface area (Å²) in [5, 5.41) is 11.6. The lowest BCUT2D eigenvalue weighted by atomic mass is 9.95. The summed E-state index contributed by atoms with van der Waals surface area (Å²) in [7, 11) is 0. The maximum absolute atomic E-state index is 12.2. The van der Waals surface area contributed by atoms with E-state index in [2.05, 4.69) is 16.3 Å². The summed E-state index contributed by atoms with van der Waals surface area (Å²) in [6.07, 6.45) is 3.40. The molecule has 1 fully saturated rings. The molecule has 1 aliphatic heterocycles. The van der Waals surface area contributed by atoms with Crippen LogP contribution in [-0.2, 0) is 11.3 Å². The van der Waals surface area contributed by atoms with E-state index in [0.29, 0.717) is 13.0 Å². The average Bonchev–Trinajstić information content (AvgIpc) is 2.54. The lowest BCUT2D eigenvalue weighted by molar-refractivity contribution is -0.126. The highest BCUT2D eigenvalue weighted by Gasteiger charge is 2.24. The summed E-state index contributed by atoms with van der Waals surface area (Å²) in [6.45, 7) is 3.53. The van der Waals surface area contributed by atoms with Crippen LogP contribution in [0.2, 0.25) is 0 Å². The molecule has 0 atom stereocenters. The third kappa shape index (κ3) is 5.20. The molecule has 2 rings (SSSR count). The number of likely N-dealkylation sites (tertiary alicyclic amines) is 1. The SMILES string of the molecule is N#CCCCN1CCC(C(=O)NCc2ccccc2)CC1. The number of unbranched alkanes of at least 4 members (excludes halogenated alkanes) is 1. The number of amides is 1. The molecule has 0 aromatic heterocycles. The van der Waals surface area contributed by atoms with E-state index in [9.17, 15) is 4.79 Å². The molecule has 1 heterocycles. The fraction of sp³-hybridized carbons (Fsp3) is 0.529. The van der Waals surface area contributed by atoms with E-state index in [1.54, 1.807) is 0 Å². The van der Waals surface area contributed by atoms with E-state index in [4.69, 9.17) is 5.26 Å². The van der Waals surface area contributed by atoms with Crippen molar-refractivity contribution in [3.05, 3.63) is 35.9 Å². The second-order valence-electron chi connectivity index (χ2n) is 5.58. The topological polar surface area (TPSA) is 56.1 Å². The molecule has 0 bridgehead atoms. The fourth-order valence-corrected chi connectivity index (χ4v) is 2.73. The quantitative estimate of drug-likeness (QED) is 0.816. The first-order valence-electron chi connectivity index (χ1n) is 7.70. The van der Waals surface area contributed by atoms with Gasteiger partial charge in [0.25, 0.3) is 0 Å². The summed E-state index contributed by atoms with van der Waals surface area (Å²) in [4.78, 5) is 14.5. The first-order chi connectivity index (χ1) is 10.3. The van der Waals surface area contributed by atoms with Gasteiger partial charge in [-0.3, -0.25) is 4.79 Å². The van der Waals surface area contributed by atoms with E-state index >= 15 is 0 Å². The number of hydrogen-bond donors (Lipinski definition) is 1. The number of hydrogen-bond acceptors (Lipinski definition) is 3. The second-order valence-corrected chi connectivity index (χ2v) is 5.58. The molecular weight excluding hydrogens is 262 g/mol. The maximum atomic E-state index is 12.2. The van der Waals surface area contributed by atoms with Gasteiger partial charge in [-0.25, -0.2) is 0 Å². The van der Waals surface area contributed by atoms with Crippen LogP contribution >= 0.6 is 0 Å². The van der Waals surface area contributed by atoms with E-state index in [-0.39, 0.29) is 11.8 Å². The first-order valence-corrected chi connectivity index (χ1v) is 7.70. The molecule has 0 radical (unpaired) electrons. The molecule has 0 spiro atoms. The molecular formula is C17H23N3O. The van der Waals surface area contributed by atoms with Crippen LogP contribution in [0.1, 0.15) is 31.2 Å². The Hall–Kier alpha value is -1.86. The molecule has 4 heteroatoms. The van der Waals surface area contributed by atoms with Crippen LogP contribution in [0.4, 0.5) is 0 Å². The third-order valence-corrected chi connectivity index (χ3v) is 4.03. The number of carbonyl (C=O) groups excluding carboxylic acids is 1. The van der Waals surface area contributed by atoms with Crippen molar-refractivity contribution in [1.29, 1.82) is 5.26 Å². The molecule has 1 N–H and O–H groups in total. The van der Waals surface area contributed by atoms with Gasteiger partial charge in [0.1, 0.15) is 0 Å². The maximum Gasteiger partial charge on any atom is 0.223 e. The highest BCUT2D eigenvalue weighted by Crippen LogP contribution is 2.17. The van der Waals surface area contributed by atoms with Crippen LogP contribution in [0.15, 0.2) is 30.3 Å². The molecule has 1 aromatic rings. The van der Waals surface area contributed by atoms with Crippen molar-refractivity contribution in [2.24, 2.45) is 5.92 Å². The number of piperidine rings is 1. The van der Waals surface area contributed by atoms with Crippen LogP contribution in [0, 0.1) is 17.2 Å². The standard InChI is InChI=1S/C17H23N3O/c18-10-4-5-11-20-12-8-16(9-13-20)17(21)19-14-15-6-2-1-3-7-15/h1-3,6-7,16H,4-5,8-9,11-14H2,(H,19,21). The highest BCUT2D eigenvalue weighted by molar-refractivity contribution is 5.78. The van der Waals surface area contributed by atoms with Crippen molar-refractivity contribution in [1.82, 2.24) is 10.2 Å². The van der Waals surface area contributed by atoms with E-state index in [0.717, 1.165) is 44.5 Å². The van der Waals surface area contributed by atoms with Crippen molar-refractivity contribution < 1.29 is 4.79 Å². The predicted octanol–water partition coefficient (Wildman–Crippen LogP) is 2.32. The lowest BCUT2D eigenvalue weighted by Crippen LogP contribution is -2.40. The van der Waals surface area contributed by atoms with Crippen LogP contribution in [0.5, 0.6) is 0 Å². The number of nitrogens with zero attached hydrogens (tertiary/aromatic N) is 2. The van der Waals surface area contributed by atoms with Crippen molar-refractivity contribution in [2.75, 3.05) is 19.6 Å². The molecule has 0 aliphatic carbocycles. The highest BCUT2D eigenvalue weighted by atomic mass is 16.1. The minimum atomic E-state index is 0.140. The molecule has 0 unspecified atom stereocenters. The zero-order valence-electron chi connectivity index (χ0n) is 12.4. The van der Waals surface area contributed by atoms with E-state index in [1.165, 1.54) is 0 Å². The Morgan fingerprint density at radius 2 is 2.00 bits per heavy atom. The minimum Gasteiger partial charge on any atom is -0.352 e. The Morgan fingerprint density at radius 3 is 2.67 bits per heavy atom. The molecule has 1 amide bonds. The first kappa shape index (κ1) is 15.5. The van der Waals surface area contributed by atoms with Crippen molar-refractivity contribution in [2.45, 2.75) is 32.2 Å². The normalized spacial score (nSPS) is 16.3. The summed E-state index contributed by atoms with van der Waals surface area (Å²) < 4.78 is 0. The number of benzene rings is 1. The Balaban J connectivity index is 1.67. The van der Waals surface area contributed by atoms with Crippen molar-refractivity contribution in [3.8, 4) is 6.07 Å². The zero-order chi connectivity index (χ0) is 14.9. The minimum absolute atomic E-state index is 0.140. The third-order valence-electron chi connectivity index (χ3n) is 4.03. The molecule has 1 aromatic carbocycles.